The molecule has 0 heterocycles. The number of nitrogens with two attached hydrogens (primary N) is 1. The van der Waals surface area contributed by atoms with Gasteiger partial charge in [-0.05, 0) is 43.9 Å². The van der Waals surface area contributed by atoms with Gasteiger partial charge in [-0.15, -0.1) is 0 Å². The number of carbonyl (C=O) groups excluding carboxylic acids is 1. The third kappa shape index (κ3) is 5.13. The highest BCUT2D eigenvalue weighted by Gasteiger charge is 2.38. The highest BCUT2D eigenvalue weighted by molar-refractivity contribution is 5.80. The molecule has 0 aliphatic heterocycles. The molecule has 1 atom stereocenters. The molecule has 2 N–H and O–H groups in total. The maximum absolute atomic E-state index is 12.2. The van der Waals surface area contributed by atoms with Crippen molar-refractivity contribution in [1.82, 2.24) is 0 Å². The molecule has 1 fully saturated rings. The van der Waals surface area contributed by atoms with Gasteiger partial charge in [0.25, 0.3) is 0 Å². The van der Waals surface area contributed by atoms with Crippen LogP contribution in [0, 0.1) is 11.8 Å². The Morgan fingerprint density at radius 3 is 2.53 bits per heavy atom. The molecule has 0 aromatic carbocycles. The summed E-state index contributed by atoms with van der Waals surface area (Å²) < 4.78 is 5.51. The van der Waals surface area contributed by atoms with Gasteiger partial charge in [0.1, 0.15) is 5.54 Å². The molecule has 0 amide bonds. The number of ether oxygens (including phenoxy) is 1. The van der Waals surface area contributed by atoms with Crippen molar-refractivity contribution in [2.45, 2.75) is 77.7 Å². The first kappa shape index (κ1) is 16.5. The van der Waals surface area contributed by atoms with Crippen molar-refractivity contribution < 1.29 is 9.53 Å². The van der Waals surface area contributed by atoms with E-state index >= 15 is 0 Å². The Labute approximate surface area is 118 Å². The van der Waals surface area contributed by atoms with Crippen molar-refractivity contribution in [3.05, 3.63) is 0 Å². The molecule has 0 radical (unpaired) electrons. The van der Waals surface area contributed by atoms with Crippen LogP contribution in [0.5, 0.6) is 0 Å². The first-order valence-corrected chi connectivity index (χ1v) is 7.98. The van der Waals surface area contributed by atoms with Crippen LogP contribution in [-0.4, -0.2) is 18.1 Å². The first-order valence-electron chi connectivity index (χ1n) is 7.98. The summed E-state index contributed by atoms with van der Waals surface area (Å²) in [5.74, 6) is 1.02. The van der Waals surface area contributed by atoms with E-state index in [1.807, 2.05) is 0 Å². The summed E-state index contributed by atoms with van der Waals surface area (Å²) in [6.07, 6.45) is 8.26. The lowest BCUT2D eigenvalue weighted by Gasteiger charge is -2.34. The average Bonchev–Trinajstić information content (AvgIpc) is 2.42. The Morgan fingerprint density at radius 2 is 2.00 bits per heavy atom. The molecule has 1 aliphatic rings. The third-order valence-electron chi connectivity index (χ3n) is 4.57. The van der Waals surface area contributed by atoms with Crippen LogP contribution in [-0.2, 0) is 9.53 Å². The number of esters is 1. The van der Waals surface area contributed by atoms with Crippen LogP contribution in [0.15, 0.2) is 0 Å². The SMILES string of the molecule is CCCCC(CC)COC(=O)C1(N)CCC(C)CC1. The van der Waals surface area contributed by atoms with Crippen molar-refractivity contribution in [3.8, 4) is 0 Å². The molecule has 1 aliphatic carbocycles. The summed E-state index contributed by atoms with van der Waals surface area (Å²) in [7, 11) is 0. The lowest BCUT2D eigenvalue weighted by Crippen LogP contribution is -2.51. The van der Waals surface area contributed by atoms with E-state index in [2.05, 4.69) is 20.8 Å². The summed E-state index contributed by atoms with van der Waals surface area (Å²) in [4.78, 5) is 12.2. The molecule has 1 rings (SSSR count). The van der Waals surface area contributed by atoms with Crippen molar-refractivity contribution in [3.63, 3.8) is 0 Å². The van der Waals surface area contributed by atoms with Crippen molar-refractivity contribution >= 4 is 5.97 Å². The maximum atomic E-state index is 12.2. The zero-order valence-electron chi connectivity index (χ0n) is 12.9. The zero-order chi connectivity index (χ0) is 14.3. The van der Waals surface area contributed by atoms with Gasteiger partial charge < -0.3 is 10.5 Å². The fourth-order valence-corrected chi connectivity index (χ4v) is 2.72. The Hall–Kier alpha value is -0.570. The second-order valence-corrected chi connectivity index (χ2v) is 6.35. The van der Waals surface area contributed by atoms with Crippen LogP contribution in [0.3, 0.4) is 0 Å². The lowest BCUT2D eigenvalue weighted by atomic mass is 9.78. The predicted octanol–water partition coefficient (Wildman–Crippen LogP) is 3.65. The normalized spacial score (nSPS) is 28.9. The van der Waals surface area contributed by atoms with E-state index < -0.39 is 5.54 Å². The van der Waals surface area contributed by atoms with Crippen LogP contribution in [0.2, 0.25) is 0 Å². The standard InChI is InChI=1S/C16H31NO2/c1-4-6-7-14(5-2)12-19-15(18)16(17)10-8-13(3)9-11-16/h13-14H,4-12,17H2,1-3H3. The Morgan fingerprint density at radius 1 is 1.37 bits per heavy atom. The van der Waals surface area contributed by atoms with Crippen LogP contribution in [0.4, 0.5) is 0 Å². The van der Waals surface area contributed by atoms with E-state index in [-0.39, 0.29) is 5.97 Å². The Bertz CT molecular complexity index is 270. The minimum absolute atomic E-state index is 0.172. The maximum Gasteiger partial charge on any atom is 0.326 e. The number of unbranched alkanes of at least 4 members (excludes halogenated alkanes) is 1. The highest BCUT2D eigenvalue weighted by Crippen LogP contribution is 2.31. The van der Waals surface area contributed by atoms with E-state index in [1.54, 1.807) is 0 Å². The van der Waals surface area contributed by atoms with Crippen LogP contribution >= 0.6 is 0 Å². The summed E-state index contributed by atoms with van der Waals surface area (Å²) in [6, 6.07) is 0. The largest absolute Gasteiger partial charge is 0.464 e. The zero-order valence-corrected chi connectivity index (χ0v) is 12.9. The molecule has 0 bridgehead atoms. The molecule has 112 valence electrons. The second kappa shape index (κ2) is 7.88. The fraction of sp³-hybridized carbons (Fsp3) is 0.938. The van der Waals surface area contributed by atoms with E-state index in [4.69, 9.17) is 10.5 Å². The summed E-state index contributed by atoms with van der Waals surface area (Å²) in [5.41, 5.74) is 5.51. The molecule has 3 heteroatoms. The summed E-state index contributed by atoms with van der Waals surface area (Å²) in [6.45, 7) is 7.12. The topological polar surface area (TPSA) is 52.3 Å². The molecule has 0 saturated heterocycles. The molecule has 0 spiro atoms. The van der Waals surface area contributed by atoms with Crippen molar-refractivity contribution in [1.29, 1.82) is 0 Å². The monoisotopic (exact) mass is 269 g/mol. The van der Waals surface area contributed by atoms with E-state index in [0.29, 0.717) is 18.4 Å². The van der Waals surface area contributed by atoms with E-state index in [0.717, 1.165) is 38.5 Å². The molecule has 1 unspecified atom stereocenters. The van der Waals surface area contributed by atoms with Gasteiger partial charge >= 0.3 is 5.97 Å². The van der Waals surface area contributed by atoms with Gasteiger partial charge in [0.05, 0.1) is 6.61 Å². The molecular weight excluding hydrogens is 238 g/mol. The van der Waals surface area contributed by atoms with Gasteiger partial charge in [-0.1, -0.05) is 40.0 Å². The van der Waals surface area contributed by atoms with Gasteiger partial charge in [-0.25, -0.2) is 0 Å². The Kier molecular flexibility index (Phi) is 6.84. The van der Waals surface area contributed by atoms with Crippen molar-refractivity contribution in [2.75, 3.05) is 6.61 Å². The van der Waals surface area contributed by atoms with Crippen LogP contribution in [0.25, 0.3) is 0 Å². The van der Waals surface area contributed by atoms with Crippen LogP contribution in [0.1, 0.15) is 72.1 Å². The number of carbonyl (C=O) groups is 1. The van der Waals surface area contributed by atoms with Crippen molar-refractivity contribution in [2.24, 2.45) is 17.6 Å². The van der Waals surface area contributed by atoms with Gasteiger partial charge in [0.2, 0.25) is 0 Å². The molecule has 3 nitrogen and oxygen atoms in total. The Balaban J connectivity index is 2.37. The predicted molar refractivity (Wildman–Crippen MR) is 78.8 cm³/mol. The smallest absolute Gasteiger partial charge is 0.326 e. The van der Waals surface area contributed by atoms with Gasteiger partial charge in [-0.2, -0.15) is 0 Å². The average molecular weight is 269 g/mol. The molecule has 1 saturated carbocycles. The lowest BCUT2D eigenvalue weighted by molar-refractivity contribution is -0.153. The molecule has 0 aromatic rings. The van der Waals surface area contributed by atoms with E-state index in [1.165, 1.54) is 12.8 Å². The highest BCUT2D eigenvalue weighted by atomic mass is 16.5. The summed E-state index contributed by atoms with van der Waals surface area (Å²) >= 11 is 0. The van der Waals surface area contributed by atoms with Crippen LogP contribution < -0.4 is 5.73 Å². The quantitative estimate of drug-likeness (QED) is 0.718. The summed E-state index contributed by atoms with van der Waals surface area (Å²) in [5, 5.41) is 0. The number of rotatable bonds is 7. The van der Waals surface area contributed by atoms with Gasteiger partial charge in [0, 0.05) is 0 Å². The number of hydrogen-bond donors (Lipinski definition) is 1. The van der Waals surface area contributed by atoms with Gasteiger partial charge in [-0.3, -0.25) is 4.79 Å². The minimum Gasteiger partial charge on any atom is -0.464 e. The number of hydrogen-bond acceptors (Lipinski definition) is 3. The molecular formula is C16H31NO2. The third-order valence-corrected chi connectivity index (χ3v) is 4.57. The van der Waals surface area contributed by atoms with E-state index in [9.17, 15) is 4.79 Å². The fourth-order valence-electron chi connectivity index (χ4n) is 2.72. The first-order chi connectivity index (χ1) is 9.01. The minimum atomic E-state index is -0.713. The van der Waals surface area contributed by atoms with Gasteiger partial charge in [0.15, 0.2) is 0 Å². The molecule has 19 heavy (non-hydrogen) atoms. The second-order valence-electron chi connectivity index (χ2n) is 6.35. The molecule has 0 aromatic heterocycles.